The fourth-order valence-corrected chi connectivity index (χ4v) is 2.77. The summed E-state index contributed by atoms with van der Waals surface area (Å²) in [6, 6.07) is 13.3. The minimum atomic E-state index is -0.0754. The van der Waals surface area contributed by atoms with E-state index in [1.165, 1.54) is 0 Å². The molecular weight excluding hydrogens is 304 g/mol. The Labute approximate surface area is 140 Å². The van der Waals surface area contributed by atoms with Gasteiger partial charge in [0.15, 0.2) is 11.5 Å². The smallest absolute Gasteiger partial charge is 0.228 e. The maximum atomic E-state index is 12.4. The molecule has 0 saturated carbocycles. The van der Waals surface area contributed by atoms with E-state index in [1.807, 2.05) is 43.3 Å². The number of hydrogen-bond donors (Lipinski definition) is 2. The van der Waals surface area contributed by atoms with Crippen molar-refractivity contribution in [2.45, 2.75) is 13.3 Å². The van der Waals surface area contributed by atoms with Crippen molar-refractivity contribution in [1.82, 2.24) is 4.98 Å². The highest BCUT2D eigenvalue weighted by Gasteiger charge is 2.10. The minimum absolute atomic E-state index is 0.0754. The molecule has 0 bridgehead atoms. The first kappa shape index (κ1) is 15.9. The first-order valence-corrected chi connectivity index (χ1v) is 7.70. The summed E-state index contributed by atoms with van der Waals surface area (Å²) < 4.78 is 10.5. The molecule has 1 heterocycles. The number of aryl methyl sites for hydroxylation is 1. The second-order valence-corrected chi connectivity index (χ2v) is 5.63. The number of rotatable bonds is 5. The molecule has 3 rings (SSSR count). The van der Waals surface area contributed by atoms with E-state index in [9.17, 15) is 4.79 Å². The Morgan fingerprint density at radius 1 is 1.08 bits per heavy atom. The zero-order valence-corrected chi connectivity index (χ0v) is 14.0. The van der Waals surface area contributed by atoms with Gasteiger partial charge in [-0.25, -0.2) is 0 Å². The number of fused-ring (bicyclic) bond motifs is 1. The number of carbonyl (C=O) groups is 1. The number of nitrogens with one attached hydrogen (secondary N) is 2. The lowest BCUT2D eigenvalue weighted by molar-refractivity contribution is -0.115. The van der Waals surface area contributed by atoms with E-state index in [0.717, 1.165) is 27.8 Å². The Bertz CT molecular complexity index is 883. The van der Waals surface area contributed by atoms with Crippen LogP contribution in [0.2, 0.25) is 0 Å². The number of carbonyl (C=O) groups excluding carboxylic acids is 1. The van der Waals surface area contributed by atoms with Crippen LogP contribution in [0.15, 0.2) is 42.5 Å². The predicted molar refractivity (Wildman–Crippen MR) is 94.9 cm³/mol. The second-order valence-electron chi connectivity index (χ2n) is 5.63. The van der Waals surface area contributed by atoms with Crippen LogP contribution in [0.3, 0.4) is 0 Å². The molecule has 0 unspecified atom stereocenters. The van der Waals surface area contributed by atoms with Crippen LogP contribution in [-0.4, -0.2) is 25.1 Å². The number of ether oxygens (including phenoxy) is 2. The third-order valence-electron chi connectivity index (χ3n) is 3.89. The maximum absolute atomic E-state index is 12.4. The monoisotopic (exact) mass is 324 g/mol. The lowest BCUT2D eigenvalue weighted by Gasteiger charge is -2.10. The average Bonchev–Trinajstić information content (AvgIpc) is 2.96. The summed E-state index contributed by atoms with van der Waals surface area (Å²) in [5.74, 6) is 1.19. The highest BCUT2D eigenvalue weighted by atomic mass is 16.5. The summed E-state index contributed by atoms with van der Waals surface area (Å²) in [6.45, 7) is 2.00. The number of anilines is 1. The van der Waals surface area contributed by atoms with Gasteiger partial charge in [0.25, 0.3) is 0 Å². The highest BCUT2D eigenvalue weighted by molar-refractivity contribution is 6.02. The number of amides is 1. The molecular formula is C19H20N2O3. The van der Waals surface area contributed by atoms with Crippen molar-refractivity contribution in [3.8, 4) is 11.5 Å². The molecule has 0 atom stereocenters. The molecule has 2 aromatic carbocycles. The molecule has 0 spiro atoms. The summed E-state index contributed by atoms with van der Waals surface area (Å²) in [7, 11) is 3.17. The average molecular weight is 324 g/mol. The Kier molecular flexibility index (Phi) is 4.42. The SMILES string of the molecule is COc1ccc(CC(=O)Nc2cccc3[nH]c(C)cc23)cc1OC. The van der Waals surface area contributed by atoms with Crippen LogP contribution < -0.4 is 14.8 Å². The molecule has 5 nitrogen and oxygen atoms in total. The second kappa shape index (κ2) is 6.66. The van der Waals surface area contributed by atoms with Crippen molar-refractivity contribution in [3.05, 3.63) is 53.7 Å². The molecule has 0 fully saturated rings. The first-order chi connectivity index (χ1) is 11.6. The third-order valence-corrected chi connectivity index (χ3v) is 3.89. The summed E-state index contributed by atoms with van der Waals surface area (Å²) >= 11 is 0. The Morgan fingerprint density at radius 3 is 2.62 bits per heavy atom. The molecule has 3 aromatic rings. The molecule has 124 valence electrons. The van der Waals surface area contributed by atoms with E-state index >= 15 is 0 Å². The van der Waals surface area contributed by atoms with Crippen molar-refractivity contribution in [3.63, 3.8) is 0 Å². The molecule has 0 aliphatic carbocycles. The molecule has 0 saturated heterocycles. The molecule has 0 aliphatic heterocycles. The van der Waals surface area contributed by atoms with Crippen molar-refractivity contribution >= 4 is 22.5 Å². The van der Waals surface area contributed by atoms with E-state index < -0.39 is 0 Å². The van der Waals surface area contributed by atoms with Gasteiger partial charge in [0, 0.05) is 16.6 Å². The number of aromatic amines is 1. The van der Waals surface area contributed by atoms with Gasteiger partial charge in [-0.05, 0) is 42.8 Å². The lowest BCUT2D eigenvalue weighted by Crippen LogP contribution is -2.14. The standard InChI is InChI=1S/C19H20N2O3/c1-12-9-14-15(20-12)5-4-6-16(14)21-19(22)11-13-7-8-17(23-2)18(10-13)24-3/h4-10,20H,11H2,1-3H3,(H,21,22). The summed E-state index contributed by atoms with van der Waals surface area (Å²) in [5.41, 5.74) is 3.74. The van der Waals surface area contributed by atoms with Crippen LogP contribution in [0.1, 0.15) is 11.3 Å². The predicted octanol–water partition coefficient (Wildman–Crippen LogP) is 3.67. The fraction of sp³-hybridized carbons (Fsp3) is 0.211. The van der Waals surface area contributed by atoms with E-state index in [4.69, 9.17) is 9.47 Å². The van der Waals surface area contributed by atoms with Crippen LogP contribution in [0.4, 0.5) is 5.69 Å². The summed E-state index contributed by atoms with van der Waals surface area (Å²) in [4.78, 5) is 15.7. The van der Waals surface area contributed by atoms with Gasteiger partial charge in [0.05, 0.1) is 26.3 Å². The van der Waals surface area contributed by atoms with Crippen molar-refractivity contribution < 1.29 is 14.3 Å². The molecule has 24 heavy (non-hydrogen) atoms. The van der Waals surface area contributed by atoms with Crippen molar-refractivity contribution in [2.24, 2.45) is 0 Å². The molecule has 1 amide bonds. The van der Waals surface area contributed by atoms with Crippen LogP contribution in [0, 0.1) is 6.92 Å². The quantitative estimate of drug-likeness (QED) is 0.752. The molecule has 0 aliphatic rings. The van der Waals surface area contributed by atoms with Gasteiger partial charge in [-0.15, -0.1) is 0 Å². The zero-order chi connectivity index (χ0) is 17.1. The zero-order valence-electron chi connectivity index (χ0n) is 14.0. The number of aromatic nitrogens is 1. The first-order valence-electron chi connectivity index (χ1n) is 7.70. The Balaban J connectivity index is 1.78. The van der Waals surface area contributed by atoms with Gasteiger partial charge >= 0.3 is 0 Å². The number of H-pyrrole nitrogens is 1. The van der Waals surface area contributed by atoms with Crippen LogP contribution >= 0.6 is 0 Å². The van der Waals surface area contributed by atoms with Crippen LogP contribution in [0.25, 0.3) is 10.9 Å². The van der Waals surface area contributed by atoms with E-state index in [0.29, 0.717) is 11.5 Å². The normalized spacial score (nSPS) is 10.6. The number of methoxy groups -OCH3 is 2. The molecule has 5 heteroatoms. The number of benzene rings is 2. The van der Waals surface area contributed by atoms with E-state index in [1.54, 1.807) is 20.3 Å². The van der Waals surface area contributed by atoms with E-state index in [-0.39, 0.29) is 12.3 Å². The van der Waals surface area contributed by atoms with Gasteiger partial charge in [-0.1, -0.05) is 12.1 Å². The number of hydrogen-bond acceptors (Lipinski definition) is 3. The van der Waals surface area contributed by atoms with Gasteiger partial charge in [0.2, 0.25) is 5.91 Å². The minimum Gasteiger partial charge on any atom is -0.493 e. The van der Waals surface area contributed by atoms with E-state index in [2.05, 4.69) is 10.3 Å². The molecule has 2 N–H and O–H groups in total. The summed E-state index contributed by atoms with van der Waals surface area (Å²) in [6.07, 6.45) is 0.264. The topological polar surface area (TPSA) is 63.3 Å². The van der Waals surface area contributed by atoms with Crippen LogP contribution in [0.5, 0.6) is 11.5 Å². The Morgan fingerprint density at radius 2 is 1.88 bits per heavy atom. The van der Waals surface area contributed by atoms with Gasteiger partial charge in [-0.2, -0.15) is 0 Å². The van der Waals surface area contributed by atoms with Gasteiger partial charge in [0.1, 0.15) is 0 Å². The van der Waals surface area contributed by atoms with Crippen molar-refractivity contribution in [2.75, 3.05) is 19.5 Å². The van der Waals surface area contributed by atoms with Gasteiger partial charge < -0.3 is 19.8 Å². The molecule has 0 radical (unpaired) electrons. The Hall–Kier alpha value is -2.95. The maximum Gasteiger partial charge on any atom is 0.228 e. The third kappa shape index (κ3) is 3.20. The van der Waals surface area contributed by atoms with Crippen molar-refractivity contribution in [1.29, 1.82) is 0 Å². The fourth-order valence-electron chi connectivity index (χ4n) is 2.77. The van der Waals surface area contributed by atoms with Gasteiger partial charge in [-0.3, -0.25) is 4.79 Å². The lowest BCUT2D eigenvalue weighted by atomic mass is 10.1. The largest absolute Gasteiger partial charge is 0.493 e. The van der Waals surface area contributed by atoms with Crippen LogP contribution in [-0.2, 0) is 11.2 Å². The highest BCUT2D eigenvalue weighted by Crippen LogP contribution is 2.28. The summed E-state index contributed by atoms with van der Waals surface area (Å²) in [5, 5.41) is 3.99. The molecule has 1 aromatic heterocycles.